The smallest absolute Gasteiger partial charge is 0.257 e. The van der Waals surface area contributed by atoms with Crippen LogP contribution in [0, 0.1) is 0 Å². The number of carbonyl (C=O) groups is 2. The summed E-state index contributed by atoms with van der Waals surface area (Å²) in [7, 11) is 0. The van der Waals surface area contributed by atoms with Gasteiger partial charge in [0.05, 0.1) is 5.02 Å². The molecular formula is C9H7BrClNO2. The Kier molecular flexibility index (Phi) is 3.66. The van der Waals surface area contributed by atoms with E-state index in [1.165, 1.54) is 13.0 Å². The maximum Gasteiger partial charge on any atom is 0.257 e. The van der Waals surface area contributed by atoms with Crippen LogP contribution in [0.25, 0.3) is 0 Å². The third kappa shape index (κ3) is 2.82. The van der Waals surface area contributed by atoms with Crippen molar-refractivity contribution in [1.29, 1.82) is 0 Å². The lowest BCUT2D eigenvalue weighted by Gasteiger charge is -2.02. The molecule has 0 radical (unpaired) electrons. The van der Waals surface area contributed by atoms with Gasteiger partial charge < -0.3 is 0 Å². The van der Waals surface area contributed by atoms with Crippen LogP contribution in [0.4, 0.5) is 0 Å². The van der Waals surface area contributed by atoms with Crippen LogP contribution < -0.4 is 5.32 Å². The first-order valence-corrected chi connectivity index (χ1v) is 4.95. The quantitative estimate of drug-likeness (QED) is 0.856. The van der Waals surface area contributed by atoms with Crippen LogP contribution in [0.5, 0.6) is 0 Å². The number of hydrogen-bond acceptors (Lipinski definition) is 2. The fraction of sp³-hybridized carbons (Fsp3) is 0.111. The zero-order valence-electron chi connectivity index (χ0n) is 7.30. The van der Waals surface area contributed by atoms with E-state index < -0.39 is 11.8 Å². The molecule has 74 valence electrons. The normalized spacial score (nSPS) is 9.64. The molecule has 1 rings (SSSR count). The third-order valence-corrected chi connectivity index (χ3v) is 2.70. The van der Waals surface area contributed by atoms with Gasteiger partial charge >= 0.3 is 0 Å². The summed E-state index contributed by atoms with van der Waals surface area (Å²) in [6, 6.07) is 4.72. The fourth-order valence-corrected chi connectivity index (χ4v) is 1.30. The molecule has 0 spiro atoms. The molecular weight excluding hydrogens is 269 g/mol. The second kappa shape index (κ2) is 4.57. The molecule has 14 heavy (non-hydrogen) atoms. The molecule has 0 bridgehead atoms. The van der Waals surface area contributed by atoms with Crippen molar-refractivity contribution in [2.24, 2.45) is 0 Å². The first-order chi connectivity index (χ1) is 6.50. The Labute approximate surface area is 94.6 Å². The third-order valence-electron chi connectivity index (χ3n) is 1.47. The predicted molar refractivity (Wildman–Crippen MR) is 57.3 cm³/mol. The van der Waals surface area contributed by atoms with E-state index in [0.29, 0.717) is 15.1 Å². The van der Waals surface area contributed by atoms with Gasteiger partial charge in [-0.25, -0.2) is 0 Å². The Bertz CT molecular complexity index is 392. The number of amides is 2. The predicted octanol–water partition coefficient (Wildman–Crippen LogP) is 2.38. The van der Waals surface area contributed by atoms with Crippen LogP contribution in [0.15, 0.2) is 22.7 Å². The van der Waals surface area contributed by atoms with E-state index in [1.807, 2.05) is 0 Å². The summed E-state index contributed by atoms with van der Waals surface area (Å²) >= 11 is 8.98. The summed E-state index contributed by atoms with van der Waals surface area (Å²) in [5, 5.41) is 2.59. The molecule has 0 saturated heterocycles. The van der Waals surface area contributed by atoms with E-state index in [0.717, 1.165) is 0 Å². The van der Waals surface area contributed by atoms with Crippen LogP contribution in [-0.2, 0) is 4.79 Å². The highest BCUT2D eigenvalue weighted by Gasteiger charge is 2.08. The zero-order valence-corrected chi connectivity index (χ0v) is 9.65. The molecule has 1 N–H and O–H groups in total. The Morgan fingerprint density at radius 1 is 1.43 bits per heavy atom. The molecule has 0 aromatic heterocycles. The lowest BCUT2D eigenvalue weighted by molar-refractivity contribution is -0.118. The lowest BCUT2D eigenvalue weighted by atomic mass is 10.2. The first kappa shape index (κ1) is 11.2. The minimum Gasteiger partial charge on any atom is -0.293 e. The van der Waals surface area contributed by atoms with Gasteiger partial charge in [-0.05, 0) is 34.1 Å². The van der Waals surface area contributed by atoms with Gasteiger partial charge in [0, 0.05) is 17.0 Å². The van der Waals surface area contributed by atoms with Gasteiger partial charge in [-0.3, -0.25) is 14.9 Å². The molecule has 1 aromatic rings. The number of benzene rings is 1. The summed E-state index contributed by atoms with van der Waals surface area (Å²) in [6.45, 7) is 1.28. The number of imide groups is 1. The van der Waals surface area contributed by atoms with Crippen molar-refractivity contribution in [3.05, 3.63) is 33.3 Å². The topological polar surface area (TPSA) is 46.2 Å². The Morgan fingerprint density at radius 3 is 2.57 bits per heavy atom. The average Bonchev–Trinajstić information content (AvgIpc) is 2.08. The maximum absolute atomic E-state index is 11.3. The van der Waals surface area contributed by atoms with E-state index in [4.69, 9.17) is 11.6 Å². The van der Waals surface area contributed by atoms with E-state index in [2.05, 4.69) is 21.2 Å². The highest BCUT2D eigenvalue weighted by molar-refractivity contribution is 9.10. The largest absolute Gasteiger partial charge is 0.293 e. The Morgan fingerprint density at radius 2 is 2.07 bits per heavy atom. The van der Waals surface area contributed by atoms with Crippen molar-refractivity contribution in [2.75, 3.05) is 0 Å². The van der Waals surface area contributed by atoms with Gasteiger partial charge in [-0.2, -0.15) is 0 Å². The molecule has 0 aliphatic heterocycles. The maximum atomic E-state index is 11.3. The van der Waals surface area contributed by atoms with Crippen molar-refractivity contribution in [3.63, 3.8) is 0 Å². The fourth-order valence-electron chi connectivity index (χ4n) is 0.869. The van der Waals surface area contributed by atoms with Gasteiger partial charge in [0.2, 0.25) is 5.91 Å². The molecule has 0 fully saturated rings. The number of rotatable bonds is 1. The van der Waals surface area contributed by atoms with Gasteiger partial charge in [0.25, 0.3) is 5.91 Å². The van der Waals surface area contributed by atoms with Gasteiger partial charge in [-0.1, -0.05) is 11.6 Å². The molecule has 0 aliphatic rings. The minimum absolute atomic E-state index is 0.355. The SMILES string of the molecule is CC(=O)NC(=O)c1ccc(Br)c(Cl)c1. The summed E-state index contributed by atoms with van der Waals surface area (Å²) in [6.07, 6.45) is 0. The lowest BCUT2D eigenvalue weighted by Crippen LogP contribution is -2.27. The summed E-state index contributed by atoms with van der Waals surface area (Å²) in [5.74, 6) is -0.846. The standard InChI is InChI=1S/C9H7BrClNO2/c1-5(13)12-9(14)6-2-3-7(10)8(11)4-6/h2-4H,1H3,(H,12,13,14). The highest BCUT2D eigenvalue weighted by atomic mass is 79.9. The molecule has 5 heteroatoms. The molecule has 0 atom stereocenters. The van der Waals surface area contributed by atoms with Crippen molar-refractivity contribution < 1.29 is 9.59 Å². The van der Waals surface area contributed by atoms with Gasteiger partial charge in [0.1, 0.15) is 0 Å². The monoisotopic (exact) mass is 275 g/mol. The van der Waals surface area contributed by atoms with Crippen LogP contribution in [0.3, 0.4) is 0 Å². The van der Waals surface area contributed by atoms with Crippen molar-refractivity contribution in [1.82, 2.24) is 5.32 Å². The number of carbonyl (C=O) groups excluding carboxylic acids is 2. The molecule has 0 unspecified atom stereocenters. The number of hydrogen-bond donors (Lipinski definition) is 1. The van der Waals surface area contributed by atoms with Gasteiger partial charge in [-0.15, -0.1) is 0 Å². The van der Waals surface area contributed by atoms with Crippen LogP contribution in [-0.4, -0.2) is 11.8 Å². The van der Waals surface area contributed by atoms with Crippen LogP contribution >= 0.6 is 27.5 Å². The van der Waals surface area contributed by atoms with E-state index in [1.54, 1.807) is 12.1 Å². The zero-order chi connectivity index (χ0) is 10.7. The second-order valence-electron chi connectivity index (χ2n) is 2.64. The van der Waals surface area contributed by atoms with Crippen molar-refractivity contribution in [2.45, 2.75) is 6.92 Å². The molecule has 0 aliphatic carbocycles. The molecule has 3 nitrogen and oxygen atoms in total. The summed E-state index contributed by atoms with van der Waals surface area (Å²) < 4.78 is 0.707. The van der Waals surface area contributed by atoms with Crippen molar-refractivity contribution >= 4 is 39.3 Å². The molecule has 0 heterocycles. The van der Waals surface area contributed by atoms with Crippen molar-refractivity contribution in [3.8, 4) is 0 Å². The Balaban J connectivity index is 2.91. The molecule has 0 saturated carbocycles. The van der Waals surface area contributed by atoms with E-state index in [-0.39, 0.29) is 0 Å². The van der Waals surface area contributed by atoms with E-state index >= 15 is 0 Å². The first-order valence-electron chi connectivity index (χ1n) is 3.77. The molecule has 2 amide bonds. The average molecular weight is 277 g/mol. The summed E-state index contributed by atoms with van der Waals surface area (Å²) in [4.78, 5) is 21.9. The molecule has 1 aromatic carbocycles. The Hall–Kier alpha value is -0.870. The second-order valence-corrected chi connectivity index (χ2v) is 3.90. The number of nitrogens with one attached hydrogen (secondary N) is 1. The minimum atomic E-state index is -0.452. The van der Waals surface area contributed by atoms with E-state index in [9.17, 15) is 9.59 Å². The van der Waals surface area contributed by atoms with Gasteiger partial charge in [0.15, 0.2) is 0 Å². The van der Waals surface area contributed by atoms with Crippen LogP contribution in [0.1, 0.15) is 17.3 Å². The summed E-state index contributed by atoms with van der Waals surface area (Å²) in [5.41, 5.74) is 0.355. The van der Waals surface area contributed by atoms with Crippen LogP contribution in [0.2, 0.25) is 5.02 Å². The highest BCUT2D eigenvalue weighted by Crippen LogP contribution is 2.22. The number of halogens is 2.